The first-order valence-corrected chi connectivity index (χ1v) is 8.95. The lowest BCUT2D eigenvalue weighted by atomic mass is 9.79. The molecule has 0 aliphatic carbocycles. The minimum Gasteiger partial charge on any atom is -0.481 e. The van der Waals surface area contributed by atoms with Gasteiger partial charge in [-0.2, -0.15) is 0 Å². The van der Waals surface area contributed by atoms with E-state index in [2.05, 4.69) is 38.3 Å². The Morgan fingerprint density at radius 3 is 2.42 bits per heavy atom. The predicted octanol–water partition coefficient (Wildman–Crippen LogP) is 2.81. The molecular weight excluding hydrogens is 324 g/mol. The predicted molar refractivity (Wildman–Crippen MR) is 97.5 cm³/mol. The molecule has 24 heavy (non-hydrogen) atoms. The van der Waals surface area contributed by atoms with Crippen LogP contribution in [-0.4, -0.2) is 29.1 Å². The molecule has 0 unspecified atom stereocenters. The number of piperidine rings is 1. The van der Waals surface area contributed by atoms with Gasteiger partial charge in [0.15, 0.2) is 6.10 Å². The third kappa shape index (κ3) is 5.12. The van der Waals surface area contributed by atoms with E-state index < -0.39 is 6.10 Å². The first-order chi connectivity index (χ1) is 11.0. The third-order valence-electron chi connectivity index (χ3n) is 4.48. The number of quaternary nitrogens is 1. The quantitative estimate of drug-likeness (QED) is 0.874. The van der Waals surface area contributed by atoms with E-state index >= 15 is 0 Å². The summed E-state index contributed by atoms with van der Waals surface area (Å²) in [7, 11) is 0. The Balaban J connectivity index is 1.97. The van der Waals surface area contributed by atoms with Gasteiger partial charge in [-0.05, 0) is 65.3 Å². The van der Waals surface area contributed by atoms with Crippen LogP contribution in [0.2, 0.25) is 5.02 Å². The van der Waals surface area contributed by atoms with Crippen LogP contribution in [0.15, 0.2) is 18.2 Å². The minimum absolute atomic E-state index is 0.0684. The molecule has 4 nitrogen and oxygen atoms in total. The van der Waals surface area contributed by atoms with Gasteiger partial charge in [0.05, 0.1) is 11.1 Å². The Bertz CT molecular complexity index is 597. The summed E-state index contributed by atoms with van der Waals surface area (Å²) in [6.45, 7) is 12.6. The van der Waals surface area contributed by atoms with Gasteiger partial charge in [-0.1, -0.05) is 11.6 Å². The van der Waals surface area contributed by atoms with Crippen molar-refractivity contribution in [2.75, 3.05) is 0 Å². The molecule has 5 heteroatoms. The van der Waals surface area contributed by atoms with Crippen molar-refractivity contribution in [1.82, 2.24) is 5.32 Å². The highest BCUT2D eigenvalue weighted by atomic mass is 35.5. The zero-order chi connectivity index (χ0) is 18.1. The van der Waals surface area contributed by atoms with Crippen LogP contribution in [0.1, 0.15) is 53.0 Å². The molecule has 0 saturated carbocycles. The molecule has 0 radical (unpaired) electrons. The van der Waals surface area contributed by atoms with Crippen LogP contribution in [0.4, 0.5) is 0 Å². The van der Waals surface area contributed by atoms with Crippen LogP contribution in [0.3, 0.4) is 0 Å². The molecule has 3 N–H and O–H groups in total. The van der Waals surface area contributed by atoms with Crippen LogP contribution >= 0.6 is 11.6 Å². The summed E-state index contributed by atoms with van der Waals surface area (Å²) < 4.78 is 5.78. The highest BCUT2D eigenvalue weighted by Gasteiger charge is 2.42. The smallest absolute Gasteiger partial charge is 0.261 e. The molecule has 0 spiro atoms. The average Bonchev–Trinajstić information content (AvgIpc) is 2.39. The van der Waals surface area contributed by atoms with Gasteiger partial charge in [-0.15, -0.1) is 0 Å². The number of hydrogen-bond donors (Lipinski definition) is 2. The Hall–Kier alpha value is -1.26. The van der Waals surface area contributed by atoms with Crippen molar-refractivity contribution in [2.24, 2.45) is 0 Å². The van der Waals surface area contributed by atoms with Gasteiger partial charge in [0.1, 0.15) is 5.75 Å². The van der Waals surface area contributed by atoms with E-state index in [0.29, 0.717) is 10.8 Å². The first-order valence-electron chi connectivity index (χ1n) is 8.58. The molecule has 1 aliphatic heterocycles. The van der Waals surface area contributed by atoms with Gasteiger partial charge < -0.3 is 15.4 Å². The Labute approximate surface area is 150 Å². The molecule has 2 rings (SSSR count). The van der Waals surface area contributed by atoms with Crippen LogP contribution in [0.25, 0.3) is 0 Å². The van der Waals surface area contributed by atoms with Crippen molar-refractivity contribution < 1.29 is 14.8 Å². The number of amides is 1. The minimum atomic E-state index is -0.539. The molecule has 1 fully saturated rings. The van der Waals surface area contributed by atoms with E-state index in [1.165, 1.54) is 0 Å². The number of nitrogens with one attached hydrogen (secondary N) is 1. The van der Waals surface area contributed by atoms with Crippen molar-refractivity contribution in [3.05, 3.63) is 28.8 Å². The molecule has 1 aliphatic rings. The maximum Gasteiger partial charge on any atom is 0.261 e. The number of carbonyl (C=O) groups excluding carboxylic acids is 1. The average molecular weight is 354 g/mol. The summed E-state index contributed by atoms with van der Waals surface area (Å²) in [6, 6.07) is 5.61. The van der Waals surface area contributed by atoms with E-state index in [9.17, 15) is 4.79 Å². The Kier molecular flexibility index (Phi) is 5.50. The fourth-order valence-electron chi connectivity index (χ4n) is 3.89. The van der Waals surface area contributed by atoms with E-state index in [-0.39, 0.29) is 23.0 Å². The summed E-state index contributed by atoms with van der Waals surface area (Å²) in [5, 5.41) is 6.26. The summed E-state index contributed by atoms with van der Waals surface area (Å²) >= 11 is 6.02. The number of benzene rings is 1. The topological polar surface area (TPSA) is 54.9 Å². The van der Waals surface area contributed by atoms with Gasteiger partial charge >= 0.3 is 0 Å². The summed E-state index contributed by atoms with van der Waals surface area (Å²) in [4.78, 5) is 12.5. The highest BCUT2D eigenvalue weighted by Crippen LogP contribution is 2.23. The highest BCUT2D eigenvalue weighted by molar-refractivity contribution is 6.31. The van der Waals surface area contributed by atoms with Gasteiger partial charge in [-0.25, -0.2) is 0 Å². The lowest BCUT2D eigenvalue weighted by molar-refractivity contribution is -0.787. The fourth-order valence-corrected chi connectivity index (χ4v) is 4.00. The zero-order valence-electron chi connectivity index (χ0n) is 15.6. The first kappa shape index (κ1) is 19.1. The summed E-state index contributed by atoms with van der Waals surface area (Å²) in [6.07, 6.45) is 1.37. The summed E-state index contributed by atoms with van der Waals surface area (Å²) in [5.74, 6) is 0.596. The molecule has 0 bridgehead atoms. The molecule has 1 aromatic carbocycles. The Morgan fingerprint density at radius 2 is 1.88 bits per heavy atom. The second kappa shape index (κ2) is 6.93. The molecular formula is C19H30ClN2O2+. The van der Waals surface area contributed by atoms with E-state index in [1.807, 2.05) is 13.0 Å². The van der Waals surface area contributed by atoms with Gasteiger partial charge in [0.2, 0.25) is 0 Å². The second-order valence-electron chi connectivity index (χ2n) is 8.41. The Morgan fingerprint density at radius 1 is 1.29 bits per heavy atom. The largest absolute Gasteiger partial charge is 0.481 e. The monoisotopic (exact) mass is 353 g/mol. The van der Waals surface area contributed by atoms with Crippen molar-refractivity contribution in [1.29, 1.82) is 0 Å². The molecule has 1 atom stereocenters. The maximum atomic E-state index is 12.5. The number of aryl methyl sites for hydroxylation is 1. The molecule has 1 heterocycles. The number of hydrogen-bond acceptors (Lipinski definition) is 2. The van der Waals surface area contributed by atoms with Crippen molar-refractivity contribution in [2.45, 2.75) is 77.6 Å². The molecule has 0 aromatic heterocycles. The van der Waals surface area contributed by atoms with Gasteiger partial charge in [0, 0.05) is 23.9 Å². The van der Waals surface area contributed by atoms with E-state index in [0.717, 1.165) is 18.4 Å². The fraction of sp³-hybridized carbons (Fsp3) is 0.632. The maximum absolute atomic E-state index is 12.5. The summed E-state index contributed by atoms with van der Waals surface area (Å²) in [5.41, 5.74) is 1.18. The van der Waals surface area contributed by atoms with Gasteiger partial charge in [-0.3, -0.25) is 4.79 Å². The van der Waals surface area contributed by atoms with Gasteiger partial charge in [0.25, 0.3) is 5.91 Å². The number of halogens is 1. The van der Waals surface area contributed by atoms with Crippen LogP contribution in [0.5, 0.6) is 5.75 Å². The number of carbonyl (C=O) groups is 1. The van der Waals surface area contributed by atoms with E-state index in [1.54, 1.807) is 19.1 Å². The van der Waals surface area contributed by atoms with Crippen molar-refractivity contribution >= 4 is 17.5 Å². The number of nitrogens with two attached hydrogens (primary N) is 1. The number of ether oxygens (including phenoxy) is 1. The molecule has 1 aromatic rings. The standard InChI is InChI=1S/C19H29ClN2O2/c1-12-9-15(7-8-16(12)20)24-13(2)17(23)21-14-10-18(3,4)22-19(5,6)11-14/h7-9,13-14,22H,10-11H2,1-6H3,(H,21,23)/p+1/t13-/m0/s1. The SMILES string of the molecule is Cc1cc(O[C@@H](C)C(=O)NC2CC(C)(C)[NH2+]C(C)(C)C2)ccc1Cl. The normalized spacial score (nSPS) is 21.1. The molecule has 1 amide bonds. The van der Waals surface area contributed by atoms with Crippen LogP contribution < -0.4 is 15.4 Å². The van der Waals surface area contributed by atoms with Crippen molar-refractivity contribution in [3.8, 4) is 5.75 Å². The molecule has 1 saturated heterocycles. The molecule has 134 valence electrons. The number of rotatable bonds is 4. The zero-order valence-corrected chi connectivity index (χ0v) is 16.3. The van der Waals surface area contributed by atoms with Crippen molar-refractivity contribution in [3.63, 3.8) is 0 Å². The van der Waals surface area contributed by atoms with E-state index in [4.69, 9.17) is 16.3 Å². The second-order valence-corrected chi connectivity index (χ2v) is 8.81. The third-order valence-corrected chi connectivity index (χ3v) is 4.91. The lowest BCUT2D eigenvalue weighted by Gasteiger charge is -2.43. The van der Waals surface area contributed by atoms with Crippen LogP contribution in [0, 0.1) is 6.92 Å². The van der Waals surface area contributed by atoms with Crippen LogP contribution in [-0.2, 0) is 4.79 Å². The lowest BCUT2D eigenvalue weighted by Crippen LogP contribution is -3.06.